The maximum Gasteiger partial charge on any atom is 0.230 e. The Morgan fingerprint density at radius 1 is 1.17 bits per heavy atom. The molecule has 0 aliphatic carbocycles. The third kappa shape index (κ3) is 4.73. The van der Waals surface area contributed by atoms with Gasteiger partial charge in [-0.25, -0.2) is 9.37 Å². The molecule has 0 spiro atoms. The molecule has 1 fully saturated rings. The van der Waals surface area contributed by atoms with Gasteiger partial charge in [0.25, 0.3) is 0 Å². The second-order valence-corrected chi connectivity index (χ2v) is 7.17. The first-order valence-corrected chi connectivity index (χ1v) is 9.83. The topological polar surface area (TPSA) is 85.2 Å². The molecular formula is C21H23FN6O2. The van der Waals surface area contributed by atoms with Crippen molar-refractivity contribution >= 4 is 17.5 Å². The average Bonchev–Trinajstić information content (AvgIpc) is 3.41. The van der Waals surface area contributed by atoms with Crippen molar-refractivity contribution in [1.82, 2.24) is 20.0 Å². The summed E-state index contributed by atoms with van der Waals surface area (Å²) >= 11 is 0. The highest BCUT2D eigenvalue weighted by Crippen LogP contribution is 2.19. The van der Waals surface area contributed by atoms with E-state index < -0.39 is 5.82 Å². The third-order valence-electron chi connectivity index (χ3n) is 4.95. The zero-order valence-corrected chi connectivity index (χ0v) is 16.7. The van der Waals surface area contributed by atoms with E-state index in [2.05, 4.69) is 25.4 Å². The standard InChI is InChI=1S/C21H23FN6O2/c1-30-18-6-4-16(10-17(18)22)14-28-24-13-19(26-28)25-21(29)11-15-5-7-20(23-12-15)27-8-2-3-9-27/h4-7,10,12-13H,2-3,8-9,11,14H2,1H3,(H,25,26,29). The fourth-order valence-electron chi connectivity index (χ4n) is 3.43. The van der Waals surface area contributed by atoms with Crippen LogP contribution in [0.15, 0.2) is 42.7 Å². The lowest BCUT2D eigenvalue weighted by molar-refractivity contribution is -0.115. The molecule has 1 aromatic carbocycles. The Balaban J connectivity index is 1.32. The highest BCUT2D eigenvalue weighted by atomic mass is 19.1. The molecule has 4 rings (SSSR count). The lowest BCUT2D eigenvalue weighted by Crippen LogP contribution is -2.19. The van der Waals surface area contributed by atoms with Gasteiger partial charge in [0.1, 0.15) is 5.82 Å². The maximum atomic E-state index is 13.8. The summed E-state index contributed by atoms with van der Waals surface area (Å²) in [5, 5.41) is 11.1. The van der Waals surface area contributed by atoms with Crippen molar-refractivity contribution < 1.29 is 13.9 Å². The molecule has 3 heterocycles. The Kier molecular flexibility index (Phi) is 5.87. The van der Waals surface area contributed by atoms with Crippen LogP contribution >= 0.6 is 0 Å². The summed E-state index contributed by atoms with van der Waals surface area (Å²) < 4.78 is 18.7. The number of hydrogen-bond donors (Lipinski definition) is 1. The number of anilines is 2. The van der Waals surface area contributed by atoms with E-state index in [0.717, 1.165) is 24.5 Å². The average molecular weight is 410 g/mol. The van der Waals surface area contributed by atoms with E-state index in [-0.39, 0.29) is 24.6 Å². The number of nitrogens with one attached hydrogen (secondary N) is 1. The summed E-state index contributed by atoms with van der Waals surface area (Å²) in [6, 6.07) is 8.55. The van der Waals surface area contributed by atoms with Crippen LogP contribution in [0.3, 0.4) is 0 Å². The van der Waals surface area contributed by atoms with Crippen LogP contribution in [0.5, 0.6) is 5.75 Å². The molecule has 1 aliphatic heterocycles. The number of halogens is 1. The van der Waals surface area contributed by atoms with Crippen LogP contribution in [0, 0.1) is 5.82 Å². The van der Waals surface area contributed by atoms with E-state index in [9.17, 15) is 9.18 Å². The normalized spacial score (nSPS) is 13.5. The van der Waals surface area contributed by atoms with Gasteiger partial charge in [-0.15, -0.1) is 5.10 Å². The van der Waals surface area contributed by atoms with E-state index in [1.165, 1.54) is 37.0 Å². The number of aromatic nitrogens is 4. The Morgan fingerprint density at radius 3 is 2.67 bits per heavy atom. The summed E-state index contributed by atoms with van der Waals surface area (Å²) in [7, 11) is 1.42. The molecule has 0 radical (unpaired) electrons. The molecule has 0 unspecified atom stereocenters. The highest BCUT2D eigenvalue weighted by Gasteiger charge is 2.14. The fraction of sp³-hybridized carbons (Fsp3) is 0.333. The van der Waals surface area contributed by atoms with Gasteiger partial charge < -0.3 is 15.0 Å². The van der Waals surface area contributed by atoms with Gasteiger partial charge in [-0.3, -0.25) is 4.79 Å². The summed E-state index contributed by atoms with van der Waals surface area (Å²) in [5.74, 6) is 0.835. The van der Waals surface area contributed by atoms with Crippen LogP contribution in [0.25, 0.3) is 0 Å². The molecule has 1 N–H and O–H groups in total. The van der Waals surface area contributed by atoms with Gasteiger partial charge in [-0.1, -0.05) is 12.1 Å². The van der Waals surface area contributed by atoms with E-state index in [4.69, 9.17) is 4.74 Å². The van der Waals surface area contributed by atoms with Gasteiger partial charge in [0, 0.05) is 19.3 Å². The number of rotatable bonds is 7. The van der Waals surface area contributed by atoms with E-state index in [1.54, 1.807) is 18.3 Å². The number of benzene rings is 1. The van der Waals surface area contributed by atoms with Crippen LogP contribution in [-0.4, -0.2) is 46.1 Å². The summed E-state index contributed by atoms with van der Waals surface area (Å²) in [4.78, 5) is 20.4. The molecule has 3 aromatic rings. The van der Waals surface area contributed by atoms with Crippen LogP contribution in [0.1, 0.15) is 24.0 Å². The highest BCUT2D eigenvalue weighted by molar-refractivity contribution is 5.91. The molecule has 9 heteroatoms. The first kappa shape index (κ1) is 19.8. The van der Waals surface area contributed by atoms with E-state index in [1.807, 2.05) is 12.1 Å². The number of carbonyl (C=O) groups is 1. The van der Waals surface area contributed by atoms with E-state index in [0.29, 0.717) is 11.4 Å². The van der Waals surface area contributed by atoms with Crippen molar-refractivity contribution in [2.24, 2.45) is 0 Å². The number of pyridine rings is 1. The SMILES string of the molecule is COc1ccc(Cn2ncc(NC(=O)Cc3ccc(N4CCCC4)nc3)n2)cc1F. The Hall–Kier alpha value is -3.49. The molecule has 0 atom stereocenters. The predicted molar refractivity (Wildman–Crippen MR) is 110 cm³/mol. The van der Waals surface area contributed by atoms with Gasteiger partial charge >= 0.3 is 0 Å². The molecule has 0 saturated carbocycles. The smallest absolute Gasteiger partial charge is 0.230 e. The molecule has 1 aliphatic rings. The molecule has 30 heavy (non-hydrogen) atoms. The first-order chi connectivity index (χ1) is 14.6. The fourth-order valence-corrected chi connectivity index (χ4v) is 3.43. The quantitative estimate of drug-likeness (QED) is 0.645. The molecule has 156 valence electrons. The lowest BCUT2D eigenvalue weighted by atomic mass is 10.2. The van der Waals surface area contributed by atoms with Crippen LogP contribution in [0.2, 0.25) is 0 Å². The number of amides is 1. The number of carbonyl (C=O) groups excluding carboxylic acids is 1. The summed E-state index contributed by atoms with van der Waals surface area (Å²) in [5.41, 5.74) is 1.52. The maximum absolute atomic E-state index is 13.8. The molecule has 8 nitrogen and oxygen atoms in total. The summed E-state index contributed by atoms with van der Waals surface area (Å²) in [6.07, 6.45) is 5.79. The minimum Gasteiger partial charge on any atom is -0.494 e. The minimum absolute atomic E-state index is 0.183. The van der Waals surface area contributed by atoms with Gasteiger partial charge in [0.05, 0.1) is 26.3 Å². The second-order valence-electron chi connectivity index (χ2n) is 7.17. The molecule has 0 bridgehead atoms. The van der Waals surface area contributed by atoms with Crippen molar-refractivity contribution in [2.45, 2.75) is 25.8 Å². The first-order valence-electron chi connectivity index (χ1n) is 9.83. The van der Waals surface area contributed by atoms with Crippen LogP contribution < -0.4 is 15.0 Å². The second kappa shape index (κ2) is 8.89. The monoisotopic (exact) mass is 410 g/mol. The Labute approximate surface area is 173 Å². The van der Waals surface area contributed by atoms with Crippen molar-refractivity contribution in [3.63, 3.8) is 0 Å². The third-order valence-corrected chi connectivity index (χ3v) is 4.95. The summed E-state index contributed by atoms with van der Waals surface area (Å²) in [6.45, 7) is 2.34. The van der Waals surface area contributed by atoms with Crippen molar-refractivity contribution in [3.05, 3.63) is 59.7 Å². The van der Waals surface area contributed by atoms with Gasteiger partial charge in [0.15, 0.2) is 17.4 Å². The van der Waals surface area contributed by atoms with Gasteiger partial charge in [0.2, 0.25) is 5.91 Å². The molecule has 1 saturated heterocycles. The number of nitrogens with zero attached hydrogens (tertiary/aromatic N) is 5. The van der Waals surface area contributed by atoms with Crippen molar-refractivity contribution in [3.8, 4) is 5.75 Å². The zero-order valence-electron chi connectivity index (χ0n) is 16.7. The molecular weight excluding hydrogens is 387 g/mol. The molecule has 2 aromatic heterocycles. The Bertz CT molecular complexity index is 1010. The van der Waals surface area contributed by atoms with E-state index >= 15 is 0 Å². The van der Waals surface area contributed by atoms with Gasteiger partial charge in [-0.2, -0.15) is 9.90 Å². The zero-order chi connectivity index (χ0) is 20.9. The predicted octanol–water partition coefficient (Wildman–Crippen LogP) is 2.65. The van der Waals surface area contributed by atoms with Gasteiger partial charge in [-0.05, 0) is 42.2 Å². The Morgan fingerprint density at radius 2 is 1.97 bits per heavy atom. The van der Waals surface area contributed by atoms with Crippen molar-refractivity contribution in [2.75, 3.05) is 30.4 Å². The van der Waals surface area contributed by atoms with Crippen molar-refractivity contribution in [1.29, 1.82) is 0 Å². The largest absolute Gasteiger partial charge is 0.494 e. The number of methoxy groups -OCH3 is 1. The van der Waals surface area contributed by atoms with Crippen LogP contribution in [-0.2, 0) is 17.8 Å². The molecule has 1 amide bonds. The number of hydrogen-bond acceptors (Lipinski definition) is 6. The number of ether oxygens (including phenoxy) is 1. The minimum atomic E-state index is -0.444. The lowest BCUT2D eigenvalue weighted by Gasteiger charge is -2.16. The van der Waals surface area contributed by atoms with Crippen LogP contribution in [0.4, 0.5) is 16.0 Å².